The quantitative estimate of drug-likeness (QED) is 0.585. The summed E-state index contributed by atoms with van der Waals surface area (Å²) in [6.45, 7) is 3.58. The van der Waals surface area contributed by atoms with E-state index in [4.69, 9.17) is 0 Å². The summed E-state index contributed by atoms with van der Waals surface area (Å²) in [6, 6.07) is 10.6. The zero-order valence-corrected chi connectivity index (χ0v) is 15.1. The Kier molecular flexibility index (Phi) is 4.69. The molecule has 0 radical (unpaired) electrons. The van der Waals surface area contributed by atoms with E-state index < -0.39 is 11.7 Å². The molecule has 0 saturated carbocycles. The fraction of sp³-hybridized carbons (Fsp3) is 0.222. The lowest BCUT2D eigenvalue weighted by molar-refractivity contribution is -0.137. The average Bonchev–Trinajstić information content (AvgIpc) is 2.55. The summed E-state index contributed by atoms with van der Waals surface area (Å²) in [4.78, 5) is 8.80. The van der Waals surface area contributed by atoms with Crippen molar-refractivity contribution in [3.8, 4) is 0 Å². The first-order valence-electron chi connectivity index (χ1n) is 7.61. The Bertz CT molecular complexity index is 925. The van der Waals surface area contributed by atoms with Gasteiger partial charge in [-0.05, 0) is 49.7 Å². The van der Waals surface area contributed by atoms with Crippen LogP contribution in [0.5, 0.6) is 0 Å². The summed E-state index contributed by atoms with van der Waals surface area (Å²) < 4.78 is 39.6. The van der Waals surface area contributed by atoms with Gasteiger partial charge in [-0.15, -0.1) is 0 Å². The van der Waals surface area contributed by atoms with Gasteiger partial charge in [0.05, 0.1) is 11.1 Å². The molecule has 0 aliphatic heterocycles. The number of nitrogens with zero attached hydrogens (tertiary/aromatic N) is 2. The number of fused-ring (bicyclic) bond motifs is 1. The van der Waals surface area contributed by atoms with E-state index in [1.807, 2.05) is 18.2 Å². The fourth-order valence-corrected chi connectivity index (χ4v) is 2.96. The molecule has 0 amide bonds. The van der Waals surface area contributed by atoms with Gasteiger partial charge in [0.1, 0.15) is 11.6 Å². The molecule has 1 N–H and O–H groups in total. The van der Waals surface area contributed by atoms with Crippen molar-refractivity contribution >= 4 is 32.7 Å². The second-order valence-electron chi connectivity index (χ2n) is 5.77. The Morgan fingerprint density at radius 3 is 2.56 bits per heavy atom. The summed E-state index contributed by atoms with van der Waals surface area (Å²) in [7, 11) is 0. The van der Waals surface area contributed by atoms with Gasteiger partial charge in [-0.1, -0.05) is 28.1 Å². The molecule has 1 aromatic heterocycles. The minimum atomic E-state index is -4.36. The monoisotopic (exact) mass is 409 g/mol. The van der Waals surface area contributed by atoms with Crippen LogP contribution in [0.25, 0.3) is 10.9 Å². The van der Waals surface area contributed by atoms with Crippen molar-refractivity contribution < 1.29 is 13.2 Å². The summed E-state index contributed by atoms with van der Waals surface area (Å²) >= 11 is 3.42. The van der Waals surface area contributed by atoms with Crippen molar-refractivity contribution in [2.24, 2.45) is 0 Å². The second kappa shape index (κ2) is 6.63. The molecule has 0 saturated heterocycles. The zero-order valence-electron chi connectivity index (χ0n) is 13.5. The van der Waals surface area contributed by atoms with Gasteiger partial charge in [0.25, 0.3) is 0 Å². The number of hydrogen-bond donors (Lipinski definition) is 1. The van der Waals surface area contributed by atoms with Crippen LogP contribution in [0.1, 0.15) is 29.9 Å². The van der Waals surface area contributed by atoms with Gasteiger partial charge in [0.15, 0.2) is 0 Å². The molecule has 0 aliphatic rings. The zero-order chi connectivity index (χ0) is 18.2. The molecule has 3 aromatic rings. The van der Waals surface area contributed by atoms with Gasteiger partial charge in [-0.3, -0.25) is 0 Å². The molecule has 0 fully saturated rings. The van der Waals surface area contributed by atoms with Crippen molar-refractivity contribution in [3.63, 3.8) is 0 Å². The normalized spacial score (nSPS) is 13.0. The fourth-order valence-electron chi connectivity index (χ4n) is 2.60. The SMILES string of the molecule is Cc1nc(N[C@@H](C)c2cccc(C(F)(F)F)c2)c2cc(Br)ccc2n1. The van der Waals surface area contributed by atoms with Crippen LogP contribution in [0, 0.1) is 6.92 Å². The lowest BCUT2D eigenvalue weighted by Gasteiger charge is -2.18. The first-order valence-corrected chi connectivity index (χ1v) is 8.41. The Morgan fingerprint density at radius 1 is 1.08 bits per heavy atom. The minimum absolute atomic E-state index is 0.348. The number of aromatic nitrogens is 2. The van der Waals surface area contributed by atoms with Crippen LogP contribution in [0.3, 0.4) is 0 Å². The van der Waals surface area contributed by atoms with E-state index in [0.717, 1.165) is 27.5 Å². The first-order chi connectivity index (χ1) is 11.7. The number of hydrogen-bond acceptors (Lipinski definition) is 3. The maximum atomic E-state index is 12.9. The van der Waals surface area contributed by atoms with Crippen LogP contribution in [0.2, 0.25) is 0 Å². The number of anilines is 1. The van der Waals surface area contributed by atoms with Gasteiger partial charge in [0, 0.05) is 15.9 Å². The van der Waals surface area contributed by atoms with Crippen LogP contribution in [0.4, 0.5) is 19.0 Å². The summed E-state index contributed by atoms with van der Waals surface area (Å²) in [5.41, 5.74) is 0.647. The number of alkyl halides is 3. The van der Waals surface area contributed by atoms with Gasteiger partial charge >= 0.3 is 6.18 Å². The highest BCUT2D eigenvalue weighted by Crippen LogP contribution is 2.32. The predicted molar refractivity (Wildman–Crippen MR) is 95.5 cm³/mol. The second-order valence-corrected chi connectivity index (χ2v) is 6.69. The molecule has 25 heavy (non-hydrogen) atoms. The van der Waals surface area contributed by atoms with E-state index >= 15 is 0 Å². The molecule has 7 heteroatoms. The van der Waals surface area contributed by atoms with E-state index in [1.54, 1.807) is 19.9 Å². The molecule has 0 spiro atoms. The third-order valence-electron chi connectivity index (χ3n) is 3.84. The van der Waals surface area contributed by atoms with E-state index in [1.165, 1.54) is 6.07 Å². The number of aryl methyl sites for hydroxylation is 1. The Balaban J connectivity index is 1.97. The smallest absolute Gasteiger partial charge is 0.363 e. The maximum absolute atomic E-state index is 12.9. The standard InChI is InChI=1S/C18H15BrF3N3/c1-10(12-4-3-5-13(8-12)18(20,21)22)23-17-15-9-14(19)6-7-16(15)24-11(2)25-17/h3-10H,1-2H3,(H,23,24,25)/t10-/m0/s1. The van der Waals surface area contributed by atoms with E-state index in [0.29, 0.717) is 17.2 Å². The van der Waals surface area contributed by atoms with Crippen LogP contribution < -0.4 is 5.32 Å². The number of rotatable bonds is 3. The summed E-state index contributed by atoms with van der Waals surface area (Å²) in [5.74, 6) is 1.18. The lowest BCUT2D eigenvalue weighted by Crippen LogP contribution is -2.11. The number of halogens is 4. The van der Waals surface area contributed by atoms with Gasteiger partial charge < -0.3 is 5.32 Å². The molecule has 2 aromatic carbocycles. The van der Waals surface area contributed by atoms with Gasteiger partial charge in [-0.2, -0.15) is 13.2 Å². The van der Waals surface area contributed by atoms with Gasteiger partial charge in [0.2, 0.25) is 0 Å². The third-order valence-corrected chi connectivity index (χ3v) is 4.33. The molecule has 3 nitrogen and oxygen atoms in total. The molecular formula is C18H15BrF3N3. The Morgan fingerprint density at radius 2 is 1.84 bits per heavy atom. The van der Waals surface area contributed by atoms with Crippen molar-refractivity contribution in [2.75, 3.05) is 5.32 Å². The summed E-state index contributed by atoms with van der Waals surface area (Å²) in [6.07, 6.45) is -4.36. The van der Waals surface area contributed by atoms with Crippen molar-refractivity contribution in [1.29, 1.82) is 0 Å². The summed E-state index contributed by atoms with van der Waals surface area (Å²) in [5, 5.41) is 4.01. The maximum Gasteiger partial charge on any atom is 0.416 e. The number of benzene rings is 2. The highest BCUT2D eigenvalue weighted by atomic mass is 79.9. The van der Waals surface area contributed by atoms with E-state index in [2.05, 4.69) is 31.2 Å². The highest BCUT2D eigenvalue weighted by molar-refractivity contribution is 9.10. The Labute approximate surface area is 151 Å². The first kappa shape index (κ1) is 17.7. The van der Waals surface area contributed by atoms with Crippen LogP contribution >= 0.6 is 15.9 Å². The predicted octanol–water partition coefficient (Wildman–Crippen LogP) is 5.89. The van der Waals surface area contributed by atoms with Crippen molar-refractivity contribution in [1.82, 2.24) is 9.97 Å². The van der Waals surface area contributed by atoms with E-state index in [-0.39, 0.29) is 6.04 Å². The van der Waals surface area contributed by atoms with Crippen molar-refractivity contribution in [3.05, 3.63) is 63.9 Å². The lowest BCUT2D eigenvalue weighted by atomic mass is 10.0. The van der Waals surface area contributed by atoms with Crippen molar-refractivity contribution in [2.45, 2.75) is 26.1 Å². The Hall–Kier alpha value is -2.15. The molecule has 0 aliphatic carbocycles. The van der Waals surface area contributed by atoms with Crippen LogP contribution in [-0.4, -0.2) is 9.97 Å². The molecule has 1 heterocycles. The largest absolute Gasteiger partial charge is 0.416 e. The molecule has 0 bridgehead atoms. The molecule has 3 rings (SSSR count). The molecule has 0 unspecified atom stereocenters. The molecule has 130 valence electrons. The molecular weight excluding hydrogens is 395 g/mol. The topological polar surface area (TPSA) is 37.8 Å². The molecule has 1 atom stereocenters. The third kappa shape index (κ3) is 3.92. The van der Waals surface area contributed by atoms with E-state index in [9.17, 15) is 13.2 Å². The van der Waals surface area contributed by atoms with Crippen LogP contribution in [-0.2, 0) is 6.18 Å². The van der Waals surface area contributed by atoms with Crippen LogP contribution in [0.15, 0.2) is 46.9 Å². The minimum Gasteiger partial charge on any atom is -0.363 e. The average molecular weight is 410 g/mol. The highest BCUT2D eigenvalue weighted by Gasteiger charge is 2.30. The number of nitrogens with one attached hydrogen (secondary N) is 1. The van der Waals surface area contributed by atoms with Gasteiger partial charge in [-0.25, -0.2) is 9.97 Å².